The van der Waals surface area contributed by atoms with Crippen LogP contribution in [0.15, 0.2) is 41.9 Å². The van der Waals surface area contributed by atoms with Crippen molar-refractivity contribution in [2.24, 2.45) is 10.8 Å². The third-order valence-corrected chi connectivity index (χ3v) is 2.42. The standard InChI is InChI=1S/C11H10N6O2S/c12-11(20)15-14-5-8-6-16(7-13-8)9-1-3-10(4-2-9)17(18)19/h1-7H,(H3,12,15,20)/b14-5+. The van der Waals surface area contributed by atoms with E-state index >= 15 is 0 Å². The first-order valence-corrected chi connectivity index (χ1v) is 5.84. The van der Waals surface area contributed by atoms with Gasteiger partial charge in [-0.3, -0.25) is 15.5 Å². The van der Waals surface area contributed by atoms with Crippen LogP contribution in [0, 0.1) is 10.1 Å². The van der Waals surface area contributed by atoms with E-state index in [1.165, 1.54) is 18.3 Å². The molecule has 20 heavy (non-hydrogen) atoms. The first kappa shape index (κ1) is 13.6. The van der Waals surface area contributed by atoms with E-state index in [0.29, 0.717) is 5.69 Å². The Kier molecular flexibility index (Phi) is 4.01. The third-order valence-electron chi connectivity index (χ3n) is 2.33. The normalized spacial score (nSPS) is 10.6. The van der Waals surface area contributed by atoms with Crippen molar-refractivity contribution in [3.63, 3.8) is 0 Å². The lowest BCUT2D eigenvalue weighted by Crippen LogP contribution is -2.24. The summed E-state index contributed by atoms with van der Waals surface area (Å²) in [4.78, 5) is 14.2. The molecule has 2 rings (SSSR count). The molecule has 0 bridgehead atoms. The minimum atomic E-state index is -0.447. The van der Waals surface area contributed by atoms with E-state index < -0.39 is 4.92 Å². The molecule has 0 amide bonds. The van der Waals surface area contributed by atoms with Gasteiger partial charge < -0.3 is 10.3 Å². The number of nitro benzene ring substituents is 1. The molecule has 0 aliphatic rings. The number of non-ortho nitro benzene ring substituents is 1. The Hall–Kier alpha value is -2.81. The van der Waals surface area contributed by atoms with Gasteiger partial charge in [-0.2, -0.15) is 5.10 Å². The zero-order valence-electron chi connectivity index (χ0n) is 10.1. The first-order chi connectivity index (χ1) is 9.56. The number of aromatic nitrogens is 2. The molecule has 9 heteroatoms. The Morgan fingerprint density at radius 1 is 1.50 bits per heavy atom. The number of nitrogens with zero attached hydrogens (tertiary/aromatic N) is 4. The number of imidazole rings is 1. The lowest BCUT2D eigenvalue weighted by atomic mass is 10.3. The smallest absolute Gasteiger partial charge is 0.269 e. The fourth-order valence-corrected chi connectivity index (χ4v) is 1.51. The SMILES string of the molecule is NC(=S)N/N=C/c1cn(-c2ccc([N+](=O)[O-])cc2)cn1. The summed E-state index contributed by atoms with van der Waals surface area (Å²) in [6, 6.07) is 6.12. The molecule has 3 N–H and O–H groups in total. The van der Waals surface area contributed by atoms with Gasteiger partial charge in [0.15, 0.2) is 5.11 Å². The van der Waals surface area contributed by atoms with Gasteiger partial charge in [-0.1, -0.05) is 0 Å². The third kappa shape index (κ3) is 3.36. The number of nitrogens with one attached hydrogen (secondary N) is 1. The number of benzene rings is 1. The van der Waals surface area contributed by atoms with Crippen molar-refractivity contribution < 1.29 is 4.92 Å². The minimum absolute atomic E-state index is 0.0382. The molecule has 0 saturated heterocycles. The fourth-order valence-electron chi connectivity index (χ4n) is 1.45. The van der Waals surface area contributed by atoms with Crippen LogP contribution in [0.1, 0.15) is 5.69 Å². The van der Waals surface area contributed by atoms with Gasteiger partial charge in [0, 0.05) is 24.0 Å². The van der Waals surface area contributed by atoms with E-state index in [2.05, 4.69) is 27.7 Å². The van der Waals surface area contributed by atoms with Crippen LogP contribution < -0.4 is 11.2 Å². The number of nitro groups is 1. The van der Waals surface area contributed by atoms with Gasteiger partial charge in [-0.25, -0.2) is 4.98 Å². The van der Waals surface area contributed by atoms with Gasteiger partial charge in [-0.15, -0.1) is 0 Å². The van der Waals surface area contributed by atoms with Crippen molar-refractivity contribution in [3.05, 3.63) is 52.6 Å². The molecule has 1 aromatic carbocycles. The average molecular weight is 290 g/mol. The van der Waals surface area contributed by atoms with Gasteiger partial charge in [-0.05, 0) is 24.4 Å². The van der Waals surface area contributed by atoms with Crippen molar-refractivity contribution >= 4 is 29.2 Å². The molecular formula is C11H10N6O2S. The van der Waals surface area contributed by atoms with Crippen molar-refractivity contribution in [2.45, 2.75) is 0 Å². The number of thiocarbonyl (C=S) groups is 1. The van der Waals surface area contributed by atoms with Crippen LogP contribution in [0.4, 0.5) is 5.69 Å². The first-order valence-electron chi connectivity index (χ1n) is 5.43. The van der Waals surface area contributed by atoms with Crippen molar-refractivity contribution in [1.82, 2.24) is 15.0 Å². The van der Waals surface area contributed by atoms with Crippen LogP contribution >= 0.6 is 12.2 Å². The molecule has 0 fully saturated rings. The fraction of sp³-hybridized carbons (Fsp3) is 0. The lowest BCUT2D eigenvalue weighted by Gasteiger charge is -2.00. The van der Waals surface area contributed by atoms with Crippen molar-refractivity contribution in [3.8, 4) is 5.69 Å². The summed E-state index contributed by atoms with van der Waals surface area (Å²) in [6.45, 7) is 0. The zero-order valence-corrected chi connectivity index (χ0v) is 10.9. The second kappa shape index (κ2) is 5.89. The van der Waals surface area contributed by atoms with Crippen molar-refractivity contribution in [1.29, 1.82) is 0 Å². The molecule has 1 heterocycles. The Morgan fingerprint density at radius 2 is 2.20 bits per heavy atom. The Labute approximate surface area is 119 Å². The monoisotopic (exact) mass is 290 g/mol. The summed E-state index contributed by atoms with van der Waals surface area (Å²) in [7, 11) is 0. The predicted octanol–water partition coefficient (Wildman–Crippen LogP) is 0.948. The van der Waals surface area contributed by atoms with E-state index in [-0.39, 0.29) is 10.8 Å². The predicted molar refractivity (Wildman–Crippen MR) is 77.7 cm³/mol. The summed E-state index contributed by atoms with van der Waals surface area (Å²) in [5.74, 6) is 0. The minimum Gasteiger partial charge on any atom is -0.375 e. The summed E-state index contributed by atoms with van der Waals surface area (Å²) in [5.41, 5.74) is 9.02. The van der Waals surface area contributed by atoms with Gasteiger partial charge in [0.25, 0.3) is 5.69 Å². The Morgan fingerprint density at radius 3 is 2.80 bits per heavy atom. The molecule has 102 valence electrons. The van der Waals surface area contributed by atoms with Gasteiger partial charge in [0.05, 0.1) is 17.5 Å². The highest BCUT2D eigenvalue weighted by atomic mass is 32.1. The van der Waals surface area contributed by atoms with Gasteiger partial charge in [0.2, 0.25) is 0 Å². The number of hydrazone groups is 1. The molecule has 0 saturated carbocycles. The van der Waals surface area contributed by atoms with Crippen LogP contribution in [0.25, 0.3) is 5.69 Å². The van der Waals surface area contributed by atoms with E-state index in [9.17, 15) is 10.1 Å². The molecule has 0 atom stereocenters. The molecule has 0 radical (unpaired) electrons. The summed E-state index contributed by atoms with van der Waals surface area (Å²) >= 11 is 4.60. The van der Waals surface area contributed by atoms with Crippen LogP contribution in [0.2, 0.25) is 0 Å². The second-order valence-electron chi connectivity index (χ2n) is 3.71. The number of nitrogens with two attached hydrogens (primary N) is 1. The average Bonchev–Trinajstić information content (AvgIpc) is 2.87. The van der Waals surface area contributed by atoms with E-state index in [0.717, 1.165) is 5.69 Å². The van der Waals surface area contributed by atoms with E-state index in [4.69, 9.17) is 5.73 Å². The number of hydrogen-bond acceptors (Lipinski definition) is 5. The molecule has 8 nitrogen and oxygen atoms in total. The Bertz CT molecular complexity index is 664. The molecule has 0 unspecified atom stereocenters. The van der Waals surface area contributed by atoms with Crippen LogP contribution in [-0.2, 0) is 0 Å². The highest BCUT2D eigenvalue weighted by Gasteiger charge is 2.05. The van der Waals surface area contributed by atoms with Crippen LogP contribution in [0.3, 0.4) is 0 Å². The van der Waals surface area contributed by atoms with E-state index in [1.54, 1.807) is 29.2 Å². The van der Waals surface area contributed by atoms with Crippen LogP contribution in [-0.4, -0.2) is 25.8 Å². The summed E-state index contributed by atoms with van der Waals surface area (Å²) < 4.78 is 1.71. The van der Waals surface area contributed by atoms with Crippen molar-refractivity contribution in [2.75, 3.05) is 0 Å². The lowest BCUT2D eigenvalue weighted by molar-refractivity contribution is -0.384. The molecule has 1 aromatic heterocycles. The molecule has 0 spiro atoms. The number of hydrogen-bond donors (Lipinski definition) is 2. The topological polar surface area (TPSA) is 111 Å². The largest absolute Gasteiger partial charge is 0.375 e. The molecule has 0 aliphatic heterocycles. The maximum Gasteiger partial charge on any atom is 0.269 e. The molecule has 0 aliphatic carbocycles. The maximum atomic E-state index is 10.6. The summed E-state index contributed by atoms with van der Waals surface area (Å²) in [6.07, 6.45) is 4.75. The highest BCUT2D eigenvalue weighted by molar-refractivity contribution is 7.80. The highest BCUT2D eigenvalue weighted by Crippen LogP contribution is 2.15. The Balaban J connectivity index is 2.14. The van der Waals surface area contributed by atoms with Crippen LogP contribution in [0.5, 0.6) is 0 Å². The molecular weight excluding hydrogens is 280 g/mol. The summed E-state index contributed by atoms with van der Waals surface area (Å²) in [5, 5.41) is 14.4. The van der Waals surface area contributed by atoms with Gasteiger partial charge >= 0.3 is 0 Å². The number of rotatable bonds is 4. The zero-order chi connectivity index (χ0) is 14.5. The quantitative estimate of drug-likeness (QED) is 0.375. The second-order valence-corrected chi connectivity index (χ2v) is 4.15. The molecule has 2 aromatic rings. The van der Waals surface area contributed by atoms with E-state index in [1.807, 2.05) is 0 Å². The van der Waals surface area contributed by atoms with Gasteiger partial charge in [0.1, 0.15) is 5.69 Å². The maximum absolute atomic E-state index is 10.6.